The average Bonchev–Trinajstić information content (AvgIpc) is 1.82. The van der Waals surface area contributed by atoms with Crippen LogP contribution in [0.4, 0.5) is 0 Å². The van der Waals surface area contributed by atoms with Crippen molar-refractivity contribution in [3.8, 4) is 0 Å². The summed E-state index contributed by atoms with van der Waals surface area (Å²) < 4.78 is 0. The van der Waals surface area contributed by atoms with Crippen molar-refractivity contribution < 1.29 is 0 Å². The average molecular weight is 186 g/mol. The molecule has 80 valence electrons. The predicted octanol–water partition coefficient (Wildman–Crippen LogP) is 1.95. The van der Waals surface area contributed by atoms with E-state index in [4.69, 9.17) is 5.73 Å². The van der Waals surface area contributed by atoms with E-state index in [-0.39, 0.29) is 10.8 Å². The first-order valence-corrected chi connectivity index (χ1v) is 4.99. The second kappa shape index (κ2) is 3.97. The Labute approximate surface area is 83.5 Å². The maximum absolute atomic E-state index is 5.82. The van der Waals surface area contributed by atoms with Crippen LogP contribution in [0.3, 0.4) is 0 Å². The first-order valence-electron chi connectivity index (χ1n) is 4.99. The molecule has 0 fully saturated rings. The van der Waals surface area contributed by atoms with Crippen LogP contribution in [0.1, 0.15) is 34.6 Å². The van der Waals surface area contributed by atoms with Gasteiger partial charge in [0.2, 0.25) is 0 Å². The minimum Gasteiger partial charge on any atom is -0.330 e. The third-order valence-electron chi connectivity index (χ3n) is 2.60. The Morgan fingerprint density at radius 1 is 1.08 bits per heavy atom. The summed E-state index contributed by atoms with van der Waals surface area (Å²) in [6.45, 7) is 12.0. The largest absolute Gasteiger partial charge is 0.330 e. The van der Waals surface area contributed by atoms with E-state index in [1.165, 1.54) is 0 Å². The SMILES string of the molecule is CN(C)C(C(C)(C)C)C(C)(C)CN. The molecule has 1 unspecified atom stereocenters. The minimum atomic E-state index is 0.168. The van der Waals surface area contributed by atoms with Gasteiger partial charge in [0.15, 0.2) is 0 Å². The molecule has 13 heavy (non-hydrogen) atoms. The first-order chi connectivity index (χ1) is 5.63. The molecular weight excluding hydrogens is 160 g/mol. The van der Waals surface area contributed by atoms with E-state index in [1.807, 2.05) is 0 Å². The Balaban J connectivity index is 4.83. The first kappa shape index (κ1) is 12.9. The van der Waals surface area contributed by atoms with Gasteiger partial charge in [0.25, 0.3) is 0 Å². The van der Waals surface area contributed by atoms with Gasteiger partial charge in [-0.1, -0.05) is 34.6 Å². The van der Waals surface area contributed by atoms with Crippen LogP contribution in [-0.2, 0) is 0 Å². The van der Waals surface area contributed by atoms with Gasteiger partial charge in [0.1, 0.15) is 0 Å². The zero-order valence-electron chi connectivity index (χ0n) is 10.3. The second-order valence-electron chi connectivity index (χ2n) is 5.92. The highest BCUT2D eigenvalue weighted by Crippen LogP contribution is 2.35. The van der Waals surface area contributed by atoms with E-state index >= 15 is 0 Å². The molecule has 0 aromatic carbocycles. The molecule has 0 aromatic heterocycles. The van der Waals surface area contributed by atoms with Crippen molar-refractivity contribution in [2.45, 2.75) is 40.7 Å². The Morgan fingerprint density at radius 2 is 1.46 bits per heavy atom. The molecule has 2 N–H and O–H groups in total. The Bertz CT molecular complexity index is 154. The topological polar surface area (TPSA) is 29.3 Å². The zero-order valence-corrected chi connectivity index (χ0v) is 10.3. The molecule has 0 heterocycles. The summed E-state index contributed by atoms with van der Waals surface area (Å²) in [6.07, 6.45) is 0. The fraction of sp³-hybridized carbons (Fsp3) is 1.00. The number of hydrogen-bond donors (Lipinski definition) is 1. The van der Waals surface area contributed by atoms with Gasteiger partial charge in [-0.05, 0) is 31.5 Å². The molecule has 0 rings (SSSR count). The van der Waals surface area contributed by atoms with Crippen molar-refractivity contribution in [3.05, 3.63) is 0 Å². The highest BCUT2D eigenvalue weighted by molar-refractivity contribution is 4.92. The van der Waals surface area contributed by atoms with Gasteiger partial charge >= 0.3 is 0 Å². The van der Waals surface area contributed by atoms with Crippen LogP contribution in [0.15, 0.2) is 0 Å². The number of rotatable bonds is 3. The van der Waals surface area contributed by atoms with Gasteiger partial charge in [0, 0.05) is 6.04 Å². The van der Waals surface area contributed by atoms with Gasteiger partial charge in [-0.2, -0.15) is 0 Å². The monoisotopic (exact) mass is 186 g/mol. The van der Waals surface area contributed by atoms with Crippen LogP contribution >= 0.6 is 0 Å². The molecule has 0 amide bonds. The fourth-order valence-corrected chi connectivity index (χ4v) is 2.76. The van der Waals surface area contributed by atoms with Gasteiger partial charge < -0.3 is 10.6 Å². The van der Waals surface area contributed by atoms with Gasteiger partial charge in [0.05, 0.1) is 0 Å². The zero-order chi connectivity index (χ0) is 10.9. The van der Waals surface area contributed by atoms with Crippen LogP contribution in [0.25, 0.3) is 0 Å². The fourth-order valence-electron chi connectivity index (χ4n) is 2.76. The predicted molar refractivity (Wildman–Crippen MR) is 59.8 cm³/mol. The van der Waals surface area contributed by atoms with E-state index in [0.29, 0.717) is 6.04 Å². The van der Waals surface area contributed by atoms with Crippen LogP contribution in [-0.4, -0.2) is 31.6 Å². The molecule has 0 radical (unpaired) electrons. The maximum Gasteiger partial charge on any atom is 0.0201 e. The van der Waals surface area contributed by atoms with E-state index in [9.17, 15) is 0 Å². The van der Waals surface area contributed by atoms with E-state index in [1.54, 1.807) is 0 Å². The molecule has 2 heteroatoms. The highest BCUT2D eigenvalue weighted by atomic mass is 15.1. The minimum absolute atomic E-state index is 0.168. The Kier molecular flexibility index (Phi) is 3.95. The molecular formula is C11H26N2. The molecule has 0 aliphatic carbocycles. The van der Waals surface area contributed by atoms with Crippen molar-refractivity contribution in [1.29, 1.82) is 0 Å². The van der Waals surface area contributed by atoms with Crippen LogP contribution in [0.5, 0.6) is 0 Å². The lowest BCUT2D eigenvalue weighted by atomic mass is 9.70. The summed E-state index contributed by atoms with van der Waals surface area (Å²) in [5.41, 5.74) is 6.25. The van der Waals surface area contributed by atoms with E-state index in [0.717, 1.165) is 6.54 Å². The number of nitrogens with zero attached hydrogens (tertiary/aromatic N) is 1. The molecule has 2 nitrogen and oxygen atoms in total. The summed E-state index contributed by atoms with van der Waals surface area (Å²) in [5.74, 6) is 0. The lowest BCUT2D eigenvalue weighted by Gasteiger charge is -2.46. The third kappa shape index (κ3) is 3.28. The van der Waals surface area contributed by atoms with Gasteiger partial charge in [-0.25, -0.2) is 0 Å². The molecule has 0 saturated heterocycles. The smallest absolute Gasteiger partial charge is 0.0201 e. The lowest BCUT2D eigenvalue weighted by molar-refractivity contribution is 0.0461. The van der Waals surface area contributed by atoms with Crippen LogP contribution in [0, 0.1) is 10.8 Å². The van der Waals surface area contributed by atoms with Crippen molar-refractivity contribution in [3.63, 3.8) is 0 Å². The van der Waals surface area contributed by atoms with E-state index < -0.39 is 0 Å². The summed E-state index contributed by atoms with van der Waals surface area (Å²) in [5, 5.41) is 0. The van der Waals surface area contributed by atoms with Crippen molar-refractivity contribution in [2.24, 2.45) is 16.6 Å². The van der Waals surface area contributed by atoms with Gasteiger partial charge in [-0.15, -0.1) is 0 Å². The van der Waals surface area contributed by atoms with Crippen LogP contribution < -0.4 is 5.73 Å². The molecule has 0 aromatic rings. The molecule has 0 bridgehead atoms. The summed E-state index contributed by atoms with van der Waals surface area (Å²) in [7, 11) is 4.26. The quantitative estimate of drug-likeness (QED) is 0.730. The van der Waals surface area contributed by atoms with Crippen molar-refractivity contribution >= 4 is 0 Å². The summed E-state index contributed by atoms with van der Waals surface area (Å²) >= 11 is 0. The molecule has 0 spiro atoms. The van der Waals surface area contributed by atoms with E-state index in [2.05, 4.69) is 53.6 Å². The van der Waals surface area contributed by atoms with Gasteiger partial charge in [-0.3, -0.25) is 0 Å². The number of nitrogens with two attached hydrogens (primary N) is 1. The standard InChI is InChI=1S/C11H26N2/c1-10(2,3)9(13(6)7)11(4,5)8-12/h9H,8,12H2,1-7H3. The Morgan fingerprint density at radius 3 is 1.54 bits per heavy atom. The summed E-state index contributed by atoms with van der Waals surface area (Å²) in [4.78, 5) is 2.28. The highest BCUT2D eigenvalue weighted by Gasteiger charge is 2.38. The second-order valence-corrected chi connectivity index (χ2v) is 5.92. The number of hydrogen-bond acceptors (Lipinski definition) is 2. The van der Waals surface area contributed by atoms with Crippen molar-refractivity contribution in [1.82, 2.24) is 4.90 Å². The Hall–Kier alpha value is -0.0800. The molecule has 1 atom stereocenters. The van der Waals surface area contributed by atoms with Crippen LogP contribution in [0.2, 0.25) is 0 Å². The lowest BCUT2D eigenvalue weighted by Crippen LogP contribution is -2.52. The molecule has 0 saturated carbocycles. The maximum atomic E-state index is 5.82. The third-order valence-corrected chi connectivity index (χ3v) is 2.60. The normalized spacial score (nSPS) is 16.4. The molecule has 0 aliphatic heterocycles. The molecule has 0 aliphatic rings. The van der Waals surface area contributed by atoms with Crippen molar-refractivity contribution in [2.75, 3.05) is 20.6 Å². The summed E-state index contributed by atoms with van der Waals surface area (Å²) in [6, 6.07) is 0.505.